The first-order valence-corrected chi connectivity index (χ1v) is 9.34. The lowest BCUT2D eigenvalue weighted by Gasteiger charge is -2.27. The highest BCUT2D eigenvalue weighted by molar-refractivity contribution is 5.90. The van der Waals surface area contributed by atoms with Crippen LogP contribution in [-0.4, -0.2) is 37.1 Å². The van der Waals surface area contributed by atoms with E-state index in [9.17, 15) is 9.59 Å². The Morgan fingerprint density at radius 1 is 1.04 bits per heavy atom. The Bertz CT molecular complexity index is 771. The van der Waals surface area contributed by atoms with E-state index < -0.39 is 0 Å². The van der Waals surface area contributed by atoms with E-state index in [2.05, 4.69) is 9.72 Å². The summed E-state index contributed by atoms with van der Waals surface area (Å²) in [4.78, 5) is 26.6. The molecular weight excluding hydrogens is 354 g/mol. The lowest BCUT2D eigenvalue weighted by molar-refractivity contribution is -0.138. The molecule has 0 aliphatic heterocycles. The number of hydrogen-bond donors (Lipinski definition) is 0. The van der Waals surface area contributed by atoms with Crippen LogP contribution >= 0.6 is 0 Å². The number of methoxy groups -OCH3 is 2. The number of ether oxygens (including phenoxy) is 2. The van der Waals surface area contributed by atoms with E-state index >= 15 is 0 Å². The molecule has 2 unspecified atom stereocenters. The van der Waals surface area contributed by atoms with E-state index in [1.807, 2.05) is 68.5 Å². The molecule has 3 rings (SSSR count). The molecule has 0 spiro atoms. The molecular formula is C23H29NO4. The van der Waals surface area contributed by atoms with Gasteiger partial charge in [0.1, 0.15) is 5.78 Å². The van der Waals surface area contributed by atoms with Gasteiger partial charge in [0.25, 0.3) is 0 Å². The molecule has 5 heteroatoms. The van der Waals surface area contributed by atoms with Crippen LogP contribution in [-0.2, 0) is 25.5 Å². The Morgan fingerprint density at radius 3 is 2.25 bits per heavy atom. The van der Waals surface area contributed by atoms with E-state index in [0.29, 0.717) is 6.42 Å². The summed E-state index contributed by atoms with van der Waals surface area (Å²) >= 11 is 0. The maximum absolute atomic E-state index is 12.7. The van der Waals surface area contributed by atoms with Crippen LogP contribution in [0, 0.1) is 0 Å². The van der Waals surface area contributed by atoms with Crippen molar-refractivity contribution in [3.05, 3.63) is 71.6 Å². The number of fused-ring (bicyclic) bond motifs is 1. The third kappa shape index (κ3) is 6.74. The summed E-state index contributed by atoms with van der Waals surface area (Å²) in [6, 6.07) is 13.6. The van der Waals surface area contributed by atoms with Crippen molar-refractivity contribution in [1.29, 1.82) is 0 Å². The molecule has 1 aromatic carbocycles. The number of carbonyl (C=O) groups is 2. The lowest BCUT2D eigenvalue weighted by atomic mass is 9.81. The van der Waals surface area contributed by atoms with Crippen molar-refractivity contribution in [3.8, 4) is 0 Å². The van der Waals surface area contributed by atoms with Gasteiger partial charge in [-0.15, -0.1) is 0 Å². The Kier molecular flexibility index (Phi) is 10.4. The molecule has 0 amide bonds. The number of carbonyl (C=O) groups excluding carboxylic acids is 2. The fraction of sp³-hybridized carbons (Fsp3) is 0.348. The Hall–Kier alpha value is -2.79. The Morgan fingerprint density at radius 2 is 1.68 bits per heavy atom. The number of rotatable bonds is 4. The second-order valence-electron chi connectivity index (χ2n) is 5.83. The van der Waals surface area contributed by atoms with Crippen molar-refractivity contribution >= 4 is 17.8 Å². The van der Waals surface area contributed by atoms with E-state index in [1.54, 1.807) is 13.3 Å². The summed E-state index contributed by atoms with van der Waals surface area (Å²) in [5, 5.41) is 0. The smallest absolute Gasteiger partial charge is 0.302 e. The average molecular weight is 383 g/mol. The summed E-state index contributed by atoms with van der Waals surface area (Å²) in [7, 11) is 2.99. The molecule has 0 bridgehead atoms. The fourth-order valence-electron chi connectivity index (χ4n) is 2.79. The van der Waals surface area contributed by atoms with Gasteiger partial charge in [-0.05, 0) is 23.3 Å². The zero-order chi connectivity index (χ0) is 20.9. The lowest BCUT2D eigenvalue weighted by Crippen LogP contribution is -2.30. The monoisotopic (exact) mass is 383 g/mol. The van der Waals surface area contributed by atoms with Gasteiger partial charge in [0.15, 0.2) is 0 Å². The van der Waals surface area contributed by atoms with E-state index in [1.165, 1.54) is 14.0 Å². The molecule has 0 saturated carbocycles. The van der Waals surface area contributed by atoms with Crippen LogP contribution in [0.3, 0.4) is 0 Å². The number of esters is 1. The number of nitrogens with zero attached hydrogens (tertiary/aromatic N) is 1. The van der Waals surface area contributed by atoms with Crippen LogP contribution in [0.1, 0.15) is 43.5 Å². The molecule has 1 aromatic heterocycles. The van der Waals surface area contributed by atoms with Gasteiger partial charge in [0, 0.05) is 32.3 Å². The third-order valence-corrected chi connectivity index (χ3v) is 4.11. The van der Waals surface area contributed by atoms with Gasteiger partial charge in [0.05, 0.1) is 19.1 Å². The molecule has 1 heterocycles. The maximum Gasteiger partial charge on any atom is 0.302 e. The quantitative estimate of drug-likeness (QED) is 0.740. The van der Waals surface area contributed by atoms with Gasteiger partial charge in [-0.2, -0.15) is 0 Å². The van der Waals surface area contributed by atoms with Gasteiger partial charge < -0.3 is 9.47 Å². The largest absolute Gasteiger partial charge is 0.469 e. The van der Waals surface area contributed by atoms with Crippen LogP contribution < -0.4 is 0 Å². The summed E-state index contributed by atoms with van der Waals surface area (Å²) in [5.74, 6) is -0.374. The highest BCUT2D eigenvalue weighted by atomic mass is 16.5. The van der Waals surface area contributed by atoms with Crippen molar-refractivity contribution < 1.29 is 19.1 Å². The fourth-order valence-corrected chi connectivity index (χ4v) is 2.79. The number of benzene rings is 1. The van der Waals surface area contributed by atoms with Crippen LogP contribution in [0.15, 0.2) is 54.7 Å². The summed E-state index contributed by atoms with van der Waals surface area (Å²) in [5.41, 5.74) is 2.92. The topological polar surface area (TPSA) is 65.5 Å². The highest BCUT2D eigenvalue weighted by Crippen LogP contribution is 2.32. The highest BCUT2D eigenvalue weighted by Gasteiger charge is 2.32. The molecule has 1 aliphatic rings. The first-order chi connectivity index (χ1) is 13.6. The molecule has 0 N–H and O–H groups in total. The first-order valence-electron chi connectivity index (χ1n) is 9.34. The minimum atomic E-state index is -0.266. The van der Waals surface area contributed by atoms with Gasteiger partial charge in [-0.1, -0.05) is 56.3 Å². The SMILES string of the molecule is CC.COC(C)=O.COC1C=Cc2ccccc2C1C(=O)Cc1ccccn1. The standard InChI is InChI=1S/C18H17NO2.C3H6O2.C2H6/c1-21-17-10-9-13-6-2-3-8-15(13)18(17)16(20)12-14-7-4-5-11-19-14;1-3(4)5-2;1-2/h2-11,17-18H,12H2,1H3;1-2H3;1-2H3. The van der Waals surface area contributed by atoms with E-state index in [0.717, 1.165) is 16.8 Å². The Balaban J connectivity index is 0.000000490. The van der Waals surface area contributed by atoms with Crippen LogP contribution in [0.4, 0.5) is 0 Å². The number of Topliss-reactive ketones (excluding diaryl/α,β-unsaturated/α-hetero) is 1. The minimum absolute atomic E-state index is 0.136. The molecule has 0 radical (unpaired) electrons. The predicted molar refractivity (Wildman–Crippen MR) is 111 cm³/mol. The molecule has 150 valence electrons. The average Bonchev–Trinajstić information content (AvgIpc) is 2.75. The maximum atomic E-state index is 12.7. The molecule has 2 atom stereocenters. The van der Waals surface area contributed by atoms with Gasteiger partial charge in [0.2, 0.25) is 0 Å². The molecule has 28 heavy (non-hydrogen) atoms. The van der Waals surface area contributed by atoms with Crippen molar-refractivity contribution in [2.45, 2.75) is 39.2 Å². The van der Waals surface area contributed by atoms with E-state index in [4.69, 9.17) is 4.74 Å². The number of hydrogen-bond acceptors (Lipinski definition) is 5. The summed E-state index contributed by atoms with van der Waals surface area (Å²) < 4.78 is 9.60. The van der Waals surface area contributed by atoms with Crippen LogP contribution in [0.25, 0.3) is 6.08 Å². The number of aromatic nitrogens is 1. The minimum Gasteiger partial charge on any atom is -0.469 e. The summed E-state index contributed by atoms with van der Waals surface area (Å²) in [6.45, 7) is 5.36. The third-order valence-electron chi connectivity index (χ3n) is 4.11. The van der Waals surface area contributed by atoms with Crippen molar-refractivity contribution in [2.75, 3.05) is 14.2 Å². The zero-order valence-corrected chi connectivity index (χ0v) is 17.2. The number of pyridine rings is 1. The van der Waals surface area contributed by atoms with Gasteiger partial charge >= 0.3 is 5.97 Å². The number of ketones is 1. The van der Waals surface area contributed by atoms with Crippen molar-refractivity contribution in [1.82, 2.24) is 4.98 Å². The van der Waals surface area contributed by atoms with Gasteiger partial charge in [-0.25, -0.2) is 0 Å². The van der Waals surface area contributed by atoms with E-state index in [-0.39, 0.29) is 23.8 Å². The van der Waals surface area contributed by atoms with Crippen LogP contribution in [0.2, 0.25) is 0 Å². The molecule has 5 nitrogen and oxygen atoms in total. The van der Waals surface area contributed by atoms with Crippen LogP contribution in [0.5, 0.6) is 0 Å². The van der Waals surface area contributed by atoms with Crippen molar-refractivity contribution in [2.24, 2.45) is 0 Å². The Labute approximate surface area is 167 Å². The zero-order valence-electron chi connectivity index (χ0n) is 17.2. The molecule has 2 aromatic rings. The molecule has 0 saturated heterocycles. The first kappa shape index (κ1) is 23.2. The molecule has 1 aliphatic carbocycles. The van der Waals surface area contributed by atoms with Crippen molar-refractivity contribution in [3.63, 3.8) is 0 Å². The second kappa shape index (κ2) is 12.6. The predicted octanol–water partition coefficient (Wildman–Crippen LogP) is 4.22. The van der Waals surface area contributed by atoms with Gasteiger partial charge in [-0.3, -0.25) is 14.6 Å². The second-order valence-corrected chi connectivity index (χ2v) is 5.83. The normalized spacial score (nSPS) is 16.5. The summed E-state index contributed by atoms with van der Waals surface area (Å²) in [6.07, 6.45) is 5.81. The molecule has 0 fully saturated rings.